The van der Waals surface area contributed by atoms with Gasteiger partial charge in [0.2, 0.25) is 0 Å². The van der Waals surface area contributed by atoms with Crippen LogP contribution in [0.2, 0.25) is 5.02 Å². The lowest BCUT2D eigenvalue weighted by Crippen LogP contribution is -2.39. The van der Waals surface area contributed by atoms with Crippen LogP contribution in [0.5, 0.6) is 0 Å². The molecule has 1 atom stereocenters. The number of halogens is 1. The Bertz CT molecular complexity index is 357. The molecule has 3 N–H and O–H groups in total. The first kappa shape index (κ1) is 12.8. The van der Waals surface area contributed by atoms with Crippen molar-refractivity contribution in [2.45, 2.75) is 13.0 Å². The molecule has 0 fully saturated rings. The Morgan fingerprint density at radius 1 is 1.44 bits per heavy atom. The maximum Gasteiger partial charge on any atom is 0.319 e. The van der Waals surface area contributed by atoms with Crippen LogP contribution in [0.1, 0.15) is 6.92 Å². The van der Waals surface area contributed by atoms with Crippen LogP contribution >= 0.6 is 11.6 Å². The Labute approximate surface area is 100 Å². The van der Waals surface area contributed by atoms with Crippen molar-refractivity contribution < 1.29 is 4.79 Å². The van der Waals surface area contributed by atoms with Gasteiger partial charge >= 0.3 is 6.03 Å². The van der Waals surface area contributed by atoms with Gasteiger partial charge in [0.15, 0.2) is 0 Å². The molecule has 88 valence electrons. The molecule has 0 saturated carbocycles. The first-order valence-electron chi connectivity index (χ1n) is 5.10. The van der Waals surface area contributed by atoms with Crippen molar-refractivity contribution in [2.24, 2.45) is 0 Å². The van der Waals surface area contributed by atoms with E-state index in [0.717, 1.165) is 0 Å². The van der Waals surface area contributed by atoms with Crippen molar-refractivity contribution in [1.82, 2.24) is 10.6 Å². The highest BCUT2D eigenvalue weighted by Gasteiger charge is 2.05. The van der Waals surface area contributed by atoms with E-state index in [-0.39, 0.29) is 12.1 Å². The standard InChI is InChI=1S/C11H16ClN3O/c1-8(13-2)7-14-11(16)15-10-6-4-3-5-9(10)12/h3-6,8,13H,7H2,1-2H3,(H2,14,15,16). The van der Waals surface area contributed by atoms with E-state index < -0.39 is 0 Å². The molecule has 1 aromatic carbocycles. The van der Waals surface area contributed by atoms with E-state index in [4.69, 9.17) is 11.6 Å². The third-order valence-corrected chi connectivity index (χ3v) is 2.51. The van der Waals surface area contributed by atoms with E-state index in [1.165, 1.54) is 0 Å². The Morgan fingerprint density at radius 2 is 2.12 bits per heavy atom. The number of hydrogen-bond donors (Lipinski definition) is 3. The number of carbonyl (C=O) groups excluding carboxylic acids is 1. The van der Waals surface area contributed by atoms with Gasteiger partial charge in [0.1, 0.15) is 0 Å². The molecule has 0 aliphatic heterocycles. The fraction of sp³-hybridized carbons (Fsp3) is 0.364. The highest BCUT2D eigenvalue weighted by Crippen LogP contribution is 2.19. The summed E-state index contributed by atoms with van der Waals surface area (Å²) in [5, 5.41) is 8.97. The summed E-state index contributed by atoms with van der Waals surface area (Å²) in [6, 6.07) is 7.09. The minimum absolute atomic E-state index is 0.233. The molecule has 0 aliphatic rings. The predicted molar refractivity (Wildman–Crippen MR) is 67.0 cm³/mol. The summed E-state index contributed by atoms with van der Waals surface area (Å²) in [5.41, 5.74) is 0.610. The molecule has 1 aromatic rings. The van der Waals surface area contributed by atoms with Crippen LogP contribution in [0.3, 0.4) is 0 Å². The molecule has 2 amide bonds. The third-order valence-electron chi connectivity index (χ3n) is 2.18. The summed E-state index contributed by atoms with van der Waals surface area (Å²) in [6.45, 7) is 2.54. The molecule has 0 heterocycles. The molecule has 16 heavy (non-hydrogen) atoms. The lowest BCUT2D eigenvalue weighted by Gasteiger charge is -2.12. The van der Waals surface area contributed by atoms with Crippen LogP contribution < -0.4 is 16.0 Å². The number of amides is 2. The van der Waals surface area contributed by atoms with Crippen molar-refractivity contribution >= 4 is 23.3 Å². The van der Waals surface area contributed by atoms with E-state index in [9.17, 15) is 4.79 Å². The smallest absolute Gasteiger partial charge is 0.319 e. The van der Waals surface area contributed by atoms with Crippen molar-refractivity contribution in [1.29, 1.82) is 0 Å². The average Bonchev–Trinajstić information content (AvgIpc) is 2.29. The molecular formula is C11H16ClN3O. The zero-order valence-corrected chi connectivity index (χ0v) is 10.1. The molecule has 1 unspecified atom stereocenters. The molecule has 4 nitrogen and oxygen atoms in total. The summed E-state index contributed by atoms with van der Waals surface area (Å²) in [7, 11) is 1.85. The largest absolute Gasteiger partial charge is 0.336 e. The Morgan fingerprint density at radius 3 is 2.75 bits per heavy atom. The van der Waals surface area contributed by atoms with E-state index >= 15 is 0 Å². The number of carbonyl (C=O) groups is 1. The van der Waals surface area contributed by atoms with Crippen molar-refractivity contribution in [2.75, 3.05) is 18.9 Å². The summed E-state index contributed by atoms with van der Waals surface area (Å²) < 4.78 is 0. The van der Waals surface area contributed by atoms with Gasteiger partial charge in [0, 0.05) is 12.6 Å². The van der Waals surface area contributed by atoms with Crippen molar-refractivity contribution in [3.63, 3.8) is 0 Å². The number of para-hydroxylation sites is 1. The number of benzene rings is 1. The highest BCUT2D eigenvalue weighted by molar-refractivity contribution is 6.33. The fourth-order valence-electron chi connectivity index (χ4n) is 1.08. The molecule has 0 radical (unpaired) electrons. The molecular weight excluding hydrogens is 226 g/mol. The van der Waals surface area contributed by atoms with E-state index in [0.29, 0.717) is 17.3 Å². The number of likely N-dealkylation sites (N-methyl/N-ethyl adjacent to an activating group) is 1. The van der Waals surface area contributed by atoms with Gasteiger partial charge in [-0.1, -0.05) is 23.7 Å². The third kappa shape index (κ3) is 4.08. The average molecular weight is 242 g/mol. The highest BCUT2D eigenvalue weighted by atomic mass is 35.5. The lowest BCUT2D eigenvalue weighted by molar-refractivity contribution is 0.251. The van der Waals surface area contributed by atoms with E-state index in [1.807, 2.05) is 26.1 Å². The number of nitrogens with one attached hydrogen (secondary N) is 3. The van der Waals surface area contributed by atoms with Crippen molar-refractivity contribution in [3.8, 4) is 0 Å². The van der Waals surface area contributed by atoms with Crippen molar-refractivity contribution in [3.05, 3.63) is 29.3 Å². The zero-order valence-electron chi connectivity index (χ0n) is 9.38. The number of urea groups is 1. The SMILES string of the molecule is CNC(C)CNC(=O)Nc1ccccc1Cl. The summed E-state index contributed by atoms with van der Waals surface area (Å²) in [4.78, 5) is 11.5. The van der Waals surface area contributed by atoms with Gasteiger partial charge in [-0.25, -0.2) is 4.79 Å². The monoisotopic (exact) mass is 241 g/mol. The maximum absolute atomic E-state index is 11.5. The normalized spacial score (nSPS) is 11.9. The summed E-state index contributed by atoms with van der Waals surface area (Å²) in [5.74, 6) is 0. The number of rotatable bonds is 4. The number of hydrogen-bond acceptors (Lipinski definition) is 2. The van der Waals surface area contributed by atoms with E-state index in [2.05, 4.69) is 16.0 Å². The van der Waals surface area contributed by atoms with Crippen LogP contribution in [0.15, 0.2) is 24.3 Å². The van der Waals surface area contributed by atoms with Gasteiger partial charge in [0.25, 0.3) is 0 Å². The quantitative estimate of drug-likeness (QED) is 0.756. The zero-order chi connectivity index (χ0) is 12.0. The van der Waals surface area contributed by atoms with Gasteiger partial charge < -0.3 is 16.0 Å². The maximum atomic E-state index is 11.5. The molecule has 5 heteroatoms. The molecule has 0 spiro atoms. The second-order valence-electron chi connectivity index (χ2n) is 3.50. The fourth-order valence-corrected chi connectivity index (χ4v) is 1.26. The Kier molecular flexibility index (Phi) is 5.08. The first-order valence-corrected chi connectivity index (χ1v) is 5.48. The van der Waals surface area contributed by atoms with Crippen LogP contribution in [-0.4, -0.2) is 25.7 Å². The first-order chi connectivity index (χ1) is 7.63. The van der Waals surface area contributed by atoms with Gasteiger partial charge in [-0.2, -0.15) is 0 Å². The van der Waals surface area contributed by atoms with E-state index in [1.54, 1.807) is 12.1 Å². The Balaban J connectivity index is 2.43. The van der Waals surface area contributed by atoms with Crippen LogP contribution in [0.25, 0.3) is 0 Å². The molecule has 0 saturated heterocycles. The second-order valence-corrected chi connectivity index (χ2v) is 3.91. The molecule has 1 rings (SSSR count). The van der Waals surface area contributed by atoms with Gasteiger partial charge in [-0.05, 0) is 26.1 Å². The van der Waals surface area contributed by atoms with Gasteiger partial charge in [-0.15, -0.1) is 0 Å². The predicted octanol–water partition coefficient (Wildman–Crippen LogP) is 2.07. The van der Waals surface area contributed by atoms with Crippen LogP contribution in [0.4, 0.5) is 10.5 Å². The lowest BCUT2D eigenvalue weighted by atomic mass is 10.3. The molecule has 0 bridgehead atoms. The topological polar surface area (TPSA) is 53.2 Å². The van der Waals surface area contributed by atoms with Gasteiger partial charge in [-0.3, -0.25) is 0 Å². The minimum Gasteiger partial charge on any atom is -0.336 e. The van der Waals surface area contributed by atoms with Gasteiger partial charge in [0.05, 0.1) is 10.7 Å². The van der Waals surface area contributed by atoms with Crippen LogP contribution in [0, 0.1) is 0 Å². The molecule has 0 aliphatic carbocycles. The second kappa shape index (κ2) is 6.35. The Hall–Kier alpha value is -1.26. The summed E-state index contributed by atoms with van der Waals surface area (Å²) in [6.07, 6.45) is 0. The number of anilines is 1. The molecule has 0 aromatic heterocycles. The van der Waals surface area contributed by atoms with Crippen LogP contribution in [-0.2, 0) is 0 Å². The minimum atomic E-state index is -0.254. The summed E-state index contributed by atoms with van der Waals surface area (Å²) >= 11 is 5.90.